The van der Waals surface area contributed by atoms with E-state index in [4.69, 9.17) is 0 Å². The number of nitrogens with zero attached hydrogens (tertiary/aromatic N) is 1. The van der Waals surface area contributed by atoms with Gasteiger partial charge in [0.2, 0.25) is 0 Å². The largest absolute Gasteiger partial charge is 0.388 e. The summed E-state index contributed by atoms with van der Waals surface area (Å²) in [6, 6.07) is 6.58. The fourth-order valence-electron chi connectivity index (χ4n) is 3.51. The number of aryl methyl sites for hydroxylation is 1. The molecular weight excluding hydrogens is 316 g/mol. The Morgan fingerprint density at radius 3 is 2.54 bits per heavy atom. The molecule has 0 unspecified atom stereocenters. The first-order valence-corrected chi connectivity index (χ1v) is 9.13. The Balaban J connectivity index is 2.60. The predicted molar refractivity (Wildman–Crippen MR) is 116 cm³/mol. The Morgan fingerprint density at radius 1 is 1.31 bits per heavy atom. The molecule has 1 aromatic rings. The molecule has 136 valence electrons. The van der Waals surface area contributed by atoms with Crippen LogP contribution >= 0.6 is 0 Å². The Kier molecular flexibility index (Phi) is 6.20. The van der Waals surface area contributed by atoms with Gasteiger partial charge >= 0.3 is 0 Å². The van der Waals surface area contributed by atoms with Crippen molar-refractivity contribution in [2.45, 2.75) is 40.5 Å². The lowest BCUT2D eigenvalue weighted by Gasteiger charge is -2.26. The van der Waals surface area contributed by atoms with Crippen molar-refractivity contribution in [2.24, 2.45) is 4.99 Å². The first-order valence-electron chi connectivity index (χ1n) is 9.13. The van der Waals surface area contributed by atoms with Gasteiger partial charge in [-0.15, -0.1) is 0 Å². The lowest BCUT2D eigenvalue weighted by molar-refractivity contribution is 1.05. The molecule has 0 atom stereocenters. The topological polar surface area (TPSA) is 24.4 Å². The van der Waals surface area contributed by atoms with Gasteiger partial charge < -0.3 is 5.32 Å². The van der Waals surface area contributed by atoms with Crippen molar-refractivity contribution in [3.63, 3.8) is 0 Å². The molecule has 2 nitrogen and oxygen atoms in total. The molecule has 0 saturated heterocycles. The summed E-state index contributed by atoms with van der Waals surface area (Å²) in [7, 11) is 1.90. The molecule has 0 spiro atoms. The molecule has 0 aromatic heterocycles. The highest BCUT2D eigenvalue weighted by Gasteiger charge is 2.24. The average Bonchev–Trinajstić information content (AvgIpc) is 2.63. The summed E-state index contributed by atoms with van der Waals surface area (Å²) >= 11 is 0. The lowest BCUT2D eigenvalue weighted by atomic mass is 9.80. The summed E-state index contributed by atoms with van der Waals surface area (Å²) in [4.78, 5) is 4.64. The fourth-order valence-corrected chi connectivity index (χ4v) is 3.51. The van der Waals surface area contributed by atoms with E-state index in [1.165, 1.54) is 22.3 Å². The third-order valence-corrected chi connectivity index (χ3v) is 5.01. The summed E-state index contributed by atoms with van der Waals surface area (Å²) in [5.74, 6) is 0. The van der Waals surface area contributed by atoms with Gasteiger partial charge in [-0.2, -0.15) is 0 Å². The van der Waals surface area contributed by atoms with Crippen LogP contribution in [0.4, 0.5) is 0 Å². The van der Waals surface area contributed by atoms with E-state index in [0.29, 0.717) is 0 Å². The molecule has 2 rings (SSSR count). The maximum Gasteiger partial charge on any atom is 0.0524 e. The van der Waals surface area contributed by atoms with Crippen LogP contribution in [0.5, 0.6) is 0 Å². The summed E-state index contributed by atoms with van der Waals surface area (Å²) in [5, 5.41) is 3.13. The third-order valence-electron chi connectivity index (χ3n) is 5.01. The standard InChI is InChI=1S/C24H30N2/c1-9-19-13-20(18(7)25-8)11-12-21(19)22-14-23(26-10-2)24(15(3)4)17(6)16(22)5/h10-13,25H,3,6-7,9,14H2,1-2,4-5,8H3. The molecular formula is C24H30N2. The van der Waals surface area contributed by atoms with Crippen molar-refractivity contribution in [3.8, 4) is 0 Å². The minimum atomic E-state index is 0.802. The summed E-state index contributed by atoms with van der Waals surface area (Å²) < 4.78 is 0. The molecule has 1 N–H and O–H groups in total. The van der Waals surface area contributed by atoms with Crippen LogP contribution in [0.15, 0.2) is 70.9 Å². The summed E-state index contributed by atoms with van der Waals surface area (Å²) in [5.41, 5.74) is 11.4. The number of rotatable bonds is 6. The molecule has 0 aliphatic heterocycles. The Hall–Kier alpha value is -2.61. The van der Waals surface area contributed by atoms with E-state index in [1.807, 2.05) is 27.1 Å². The van der Waals surface area contributed by atoms with E-state index < -0.39 is 0 Å². The number of hydrogen-bond acceptors (Lipinski definition) is 2. The Bertz CT molecular complexity index is 860. The molecule has 26 heavy (non-hydrogen) atoms. The maximum absolute atomic E-state index is 4.64. The zero-order valence-corrected chi connectivity index (χ0v) is 16.8. The fraction of sp³-hybridized carbons (Fsp3) is 0.292. The van der Waals surface area contributed by atoms with Gasteiger partial charge in [0, 0.05) is 31.0 Å². The number of benzene rings is 1. The van der Waals surface area contributed by atoms with Crippen molar-refractivity contribution >= 4 is 17.5 Å². The highest BCUT2D eigenvalue weighted by molar-refractivity contribution is 5.82. The van der Waals surface area contributed by atoms with Gasteiger partial charge in [0.1, 0.15) is 0 Å². The van der Waals surface area contributed by atoms with Gasteiger partial charge in [-0.05, 0) is 72.2 Å². The minimum Gasteiger partial charge on any atom is -0.388 e. The van der Waals surface area contributed by atoms with E-state index in [9.17, 15) is 0 Å². The van der Waals surface area contributed by atoms with Crippen molar-refractivity contribution in [2.75, 3.05) is 7.05 Å². The molecule has 0 heterocycles. The van der Waals surface area contributed by atoms with Gasteiger partial charge in [-0.25, -0.2) is 0 Å². The third kappa shape index (κ3) is 3.65. The van der Waals surface area contributed by atoms with Crippen LogP contribution in [0.1, 0.15) is 50.8 Å². The molecule has 0 radical (unpaired) electrons. The summed E-state index contributed by atoms with van der Waals surface area (Å²) in [6.07, 6.45) is 3.62. The second kappa shape index (κ2) is 8.18. The first kappa shape index (κ1) is 19.7. The number of hydrogen-bond donors (Lipinski definition) is 1. The van der Waals surface area contributed by atoms with E-state index in [2.05, 4.69) is 62.1 Å². The SMILES string of the molecule is C=C(C)C1=C(N=CC)CC(c2ccc(C(=C)NC)cc2CC)=C(C)C1=C. The average molecular weight is 347 g/mol. The molecule has 2 heteroatoms. The second-order valence-electron chi connectivity index (χ2n) is 6.70. The highest BCUT2D eigenvalue weighted by Crippen LogP contribution is 2.42. The van der Waals surface area contributed by atoms with Crippen LogP contribution in [0, 0.1) is 0 Å². The van der Waals surface area contributed by atoms with Gasteiger partial charge in [0.25, 0.3) is 0 Å². The maximum atomic E-state index is 4.64. The van der Waals surface area contributed by atoms with Crippen molar-refractivity contribution in [1.82, 2.24) is 5.32 Å². The van der Waals surface area contributed by atoms with Gasteiger partial charge in [0.05, 0.1) is 5.70 Å². The zero-order chi connectivity index (χ0) is 19.4. The molecule has 0 fully saturated rings. The molecule has 0 bridgehead atoms. The summed E-state index contributed by atoms with van der Waals surface area (Å²) in [6.45, 7) is 20.9. The van der Waals surface area contributed by atoms with Crippen molar-refractivity contribution in [3.05, 3.63) is 82.6 Å². The monoisotopic (exact) mass is 346 g/mol. The normalized spacial score (nSPS) is 15.0. The van der Waals surface area contributed by atoms with E-state index in [1.54, 1.807) is 0 Å². The van der Waals surface area contributed by atoms with E-state index >= 15 is 0 Å². The zero-order valence-electron chi connectivity index (χ0n) is 16.8. The van der Waals surface area contributed by atoms with E-state index in [-0.39, 0.29) is 0 Å². The van der Waals surface area contributed by atoms with Gasteiger partial charge in [-0.3, -0.25) is 4.99 Å². The quantitative estimate of drug-likeness (QED) is 0.619. The van der Waals surface area contributed by atoms with Crippen molar-refractivity contribution in [1.29, 1.82) is 0 Å². The minimum absolute atomic E-state index is 0.802. The van der Waals surface area contributed by atoms with Crippen LogP contribution in [0.2, 0.25) is 0 Å². The Morgan fingerprint density at radius 2 is 2.00 bits per heavy atom. The van der Waals surface area contributed by atoms with Gasteiger partial charge in [0.15, 0.2) is 0 Å². The number of allylic oxidation sites excluding steroid dienone is 5. The molecule has 1 aliphatic carbocycles. The van der Waals surface area contributed by atoms with Crippen LogP contribution < -0.4 is 5.32 Å². The number of nitrogens with one attached hydrogen (secondary N) is 1. The predicted octanol–water partition coefficient (Wildman–Crippen LogP) is 6.09. The number of aliphatic imine (C=N–C) groups is 1. The van der Waals surface area contributed by atoms with Crippen molar-refractivity contribution < 1.29 is 0 Å². The van der Waals surface area contributed by atoms with Crippen LogP contribution in [0.25, 0.3) is 11.3 Å². The van der Waals surface area contributed by atoms with Crippen LogP contribution in [-0.4, -0.2) is 13.3 Å². The molecule has 0 saturated carbocycles. The molecule has 1 aromatic carbocycles. The van der Waals surface area contributed by atoms with Crippen LogP contribution in [-0.2, 0) is 6.42 Å². The van der Waals surface area contributed by atoms with Gasteiger partial charge in [-0.1, -0.05) is 38.8 Å². The molecule has 1 aliphatic rings. The highest BCUT2D eigenvalue weighted by atomic mass is 14.8. The smallest absolute Gasteiger partial charge is 0.0524 e. The first-order chi connectivity index (χ1) is 12.3. The lowest BCUT2D eigenvalue weighted by Crippen LogP contribution is -2.09. The van der Waals surface area contributed by atoms with E-state index in [0.717, 1.165) is 46.5 Å². The Labute approximate surface area is 158 Å². The second-order valence-corrected chi connectivity index (χ2v) is 6.70. The van der Waals surface area contributed by atoms with Crippen LogP contribution in [0.3, 0.4) is 0 Å². The molecule has 0 amide bonds.